The third kappa shape index (κ3) is 4.98. The number of nitrogens with zero attached hydrogens (tertiary/aromatic N) is 1. The van der Waals surface area contributed by atoms with Crippen molar-refractivity contribution in [2.24, 2.45) is 5.10 Å². The van der Waals surface area contributed by atoms with Crippen LogP contribution in [0.25, 0.3) is 0 Å². The molecule has 5 heteroatoms. The number of aryl methyl sites for hydroxylation is 2. The highest BCUT2D eigenvalue weighted by Gasteiger charge is 2.12. The second kappa shape index (κ2) is 8.17. The predicted molar refractivity (Wildman–Crippen MR) is 90.1 cm³/mol. The third-order valence-corrected chi connectivity index (χ3v) is 3.31. The number of furan rings is 1. The average molecular weight is 314 g/mol. The summed E-state index contributed by atoms with van der Waals surface area (Å²) >= 11 is 0. The lowest BCUT2D eigenvalue weighted by Gasteiger charge is -2.04. The molecule has 0 saturated heterocycles. The van der Waals surface area contributed by atoms with E-state index >= 15 is 0 Å². The van der Waals surface area contributed by atoms with Crippen molar-refractivity contribution in [3.63, 3.8) is 0 Å². The van der Waals surface area contributed by atoms with E-state index in [-0.39, 0.29) is 5.91 Å². The number of carbonyl (C=O) groups excluding carboxylic acids is 1. The summed E-state index contributed by atoms with van der Waals surface area (Å²) in [6.07, 6.45) is 3.75. The molecule has 5 nitrogen and oxygen atoms in total. The second-order valence-electron chi connectivity index (χ2n) is 5.30. The van der Waals surface area contributed by atoms with Gasteiger partial charge < -0.3 is 9.15 Å². The molecule has 2 rings (SSSR count). The number of carbonyl (C=O) groups is 1. The molecule has 2 aromatic rings. The molecule has 0 aliphatic rings. The Hall–Kier alpha value is -2.56. The molecule has 0 atom stereocenters. The van der Waals surface area contributed by atoms with Gasteiger partial charge in [-0.25, -0.2) is 5.43 Å². The van der Waals surface area contributed by atoms with E-state index in [1.165, 1.54) is 0 Å². The van der Waals surface area contributed by atoms with Crippen LogP contribution in [0, 0.1) is 13.8 Å². The maximum atomic E-state index is 12.0. The number of unbranched alkanes of at least 4 members (excludes halogenated alkanes) is 1. The smallest absolute Gasteiger partial charge is 0.274 e. The maximum Gasteiger partial charge on any atom is 0.274 e. The molecule has 0 bridgehead atoms. The summed E-state index contributed by atoms with van der Waals surface area (Å²) in [6, 6.07) is 9.27. The monoisotopic (exact) mass is 314 g/mol. The molecule has 1 aromatic heterocycles. The van der Waals surface area contributed by atoms with Gasteiger partial charge in [-0.05, 0) is 56.2 Å². The Bertz CT molecular complexity index is 672. The fourth-order valence-electron chi connectivity index (χ4n) is 2.07. The van der Waals surface area contributed by atoms with Gasteiger partial charge in [0.15, 0.2) is 0 Å². The molecule has 0 radical (unpaired) electrons. The van der Waals surface area contributed by atoms with E-state index in [0.29, 0.717) is 17.1 Å². The SMILES string of the molecule is CCCCOc1ccc(/C=N\NC(=O)c2cc(C)oc2C)cc1. The van der Waals surface area contributed by atoms with Gasteiger partial charge in [0, 0.05) is 0 Å². The fourth-order valence-corrected chi connectivity index (χ4v) is 2.07. The lowest BCUT2D eigenvalue weighted by atomic mass is 10.2. The molecule has 23 heavy (non-hydrogen) atoms. The highest BCUT2D eigenvalue weighted by atomic mass is 16.5. The summed E-state index contributed by atoms with van der Waals surface area (Å²) in [6.45, 7) is 6.41. The molecule has 0 unspecified atom stereocenters. The normalized spacial score (nSPS) is 10.9. The average Bonchev–Trinajstić information content (AvgIpc) is 2.88. The van der Waals surface area contributed by atoms with Crippen molar-refractivity contribution in [1.29, 1.82) is 0 Å². The van der Waals surface area contributed by atoms with Crippen molar-refractivity contribution in [3.8, 4) is 5.75 Å². The van der Waals surface area contributed by atoms with Crippen LogP contribution in [0.2, 0.25) is 0 Å². The van der Waals surface area contributed by atoms with Crippen molar-refractivity contribution in [2.75, 3.05) is 6.61 Å². The minimum absolute atomic E-state index is 0.282. The summed E-state index contributed by atoms with van der Waals surface area (Å²) in [7, 11) is 0. The molecule has 122 valence electrons. The van der Waals surface area contributed by atoms with E-state index in [0.717, 1.165) is 30.8 Å². The highest BCUT2D eigenvalue weighted by Crippen LogP contribution is 2.13. The van der Waals surface area contributed by atoms with Crippen molar-refractivity contribution in [2.45, 2.75) is 33.6 Å². The van der Waals surface area contributed by atoms with E-state index in [4.69, 9.17) is 9.15 Å². The minimum atomic E-state index is -0.282. The van der Waals surface area contributed by atoms with Gasteiger partial charge in [-0.1, -0.05) is 13.3 Å². The zero-order valence-corrected chi connectivity index (χ0v) is 13.8. The van der Waals surface area contributed by atoms with E-state index in [9.17, 15) is 4.79 Å². The molecule has 1 aromatic carbocycles. The van der Waals surface area contributed by atoms with Crippen molar-refractivity contribution in [3.05, 3.63) is 53.0 Å². The first-order chi connectivity index (χ1) is 11.1. The van der Waals surface area contributed by atoms with E-state index in [2.05, 4.69) is 17.5 Å². The molecule has 0 aliphatic heterocycles. The lowest BCUT2D eigenvalue weighted by Crippen LogP contribution is -2.17. The van der Waals surface area contributed by atoms with Crippen LogP contribution >= 0.6 is 0 Å². The number of rotatable bonds is 7. The van der Waals surface area contributed by atoms with E-state index in [1.807, 2.05) is 24.3 Å². The summed E-state index contributed by atoms with van der Waals surface area (Å²) in [4.78, 5) is 12.0. The van der Waals surface area contributed by atoms with Crippen LogP contribution in [0.4, 0.5) is 0 Å². The maximum absolute atomic E-state index is 12.0. The Morgan fingerprint density at radius 1 is 1.30 bits per heavy atom. The van der Waals surface area contributed by atoms with Crippen LogP contribution in [-0.2, 0) is 0 Å². The molecule has 1 amide bonds. The van der Waals surface area contributed by atoms with Crippen molar-refractivity contribution < 1.29 is 13.9 Å². The predicted octanol–water partition coefficient (Wildman–Crippen LogP) is 3.84. The summed E-state index contributed by atoms with van der Waals surface area (Å²) in [5.74, 6) is 1.85. The Balaban J connectivity index is 1.88. The molecule has 1 heterocycles. The van der Waals surface area contributed by atoms with Crippen LogP contribution in [-0.4, -0.2) is 18.7 Å². The van der Waals surface area contributed by atoms with Gasteiger partial charge in [0.25, 0.3) is 5.91 Å². The Labute approximate surface area is 136 Å². The summed E-state index contributed by atoms with van der Waals surface area (Å²) in [5.41, 5.74) is 3.88. The minimum Gasteiger partial charge on any atom is -0.494 e. The topological polar surface area (TPSA) is 63.8 Å². The van der Waals surface area contributed by atoms with Crippen LogP contribution in [0.1, 0.15) is 47.2 Å². The van der Waals surface area contributed by atoms with Crippen LogP contribution in [0.5, 0.6) is 5.75 Å². The largest absolute Gasteiger partial charge is 0.494 e. The second-order valence-corrected chi connectivity index (χ2v) is 5.30. The molecule has 0 saturated carbocycles. The number of hydrogen-bond donors (Lipinski definition) is 1. The molecule has 0 spiro atoms. The summed E-state index contributed by atoms with van der Waals surface area (Å²) in [5, 5.41) is 3.97. The quantitative estimate of drug-likeness (QED) is 0.480. The zero-order valence-electron chi connectivity index (χ0n) is 13.8. The Morgan fingerprint density at radius 2 is 2.04 bits per heavy atom. The first-order valence-corrected chi connectivity index (χ1v) is 7.73. The fraction of sp³-hybridized carbons (Fsp3) is 0.333. The van der Waals surface area contributed by atoms with Gasteiger partial charge in [0.2, 0.25) is 0 Å². The van der Waals surface area contributed by atoms with Gasteiger partial charge in [0.1, 0.15) is 17.3 Å². The van der Waals surface area contributed by atoms with Crippen molar-refractivity contribution >= 4 is 12.1 Å². The molecule has 0 fully saturated rings. The lowest BCUT2D eigenvalue weighted by molar-refractivity contribution is 0.0953. The standard InChI is InChI=1S/C18H22N2O3/c1-4-5-10-22-16-8-6-15(7-9-16)12-19-20-18(21)17-11-13(2)23-14(17)3/h6-9,11-12H,4-5,10H2,1-3H3,(H,20,21)/b19-12-. The Morgan fingerprint density at radius 3 is 2.65 bits per heavy atom. The highest BCUT2D eigenvalue weighted by molar-refractivity contribution is 5.95. The van der Waals surface area contributed by atoms with Crippen LogP contribution in [0.15, 0.2) is 39.9 Å². The molecule has 1 N–H and O–H groups in total. The number of hydrazone groups is 1. The number of ether oxygens (including phenoxy) is 1. The van der Waals surface area contributed by atoms with Gasteiger partial charge >= 0.3 is 0 Å². The first kappa shape index (κ1) is 16.8. The third-order valence-electron chi connectivity index (χ3n) is 3.31. The molecule has 0 aliphatic carbocycles. The van der Waals surface area contributed by atoms with E-state index in [1.54, 1.807) is 26.1 Å². The molecular formula is C18H22N2O3. The summed E-state index contributed by atoms with van der Waals surface area (Å²) < 4.78 is 10.9. The number of amides is 1. The van der Waals surface area contributed by atoms with Gasteiger partial charge in [-0.2, -0.15) is 5.10 Å². The first-order valence-electron chi connectivity index (χ1n) is 7.73. The number of nitrogens with one attached hydrogen (secondary N) is 1. The van der Waals surface area contributed by atoms with Crippen molar-refractivity contribution in [1.82, 2.24) is 5.43 Å². The van der Waals surface area contributed by atoms with Gasteiger partial charge in [-0.3, -0.25) is 4.79 Å². The zero-order chi connectivity index (χ0) is 16.7. The van der Waals surface area contributed by atoms with Crippen LogP contribution in [0.3, 0.4) is 0 Å². The number of hydrogen-bond acceptors (Lipinski definition) is 4. The molecular weight excluding hydrogens is 292 g/mol. The van der Waals surface area contributed by atoms with Gasteiger partial charge in [-0.15, -0.1) is 0 Å². The Kier molecular flexibility index (Phi) is 5.97. The number of benzene rings is 1. The van der Waals surface area contributed by atoms with Crippen LogP contribution < -0.4 is 10.2 Å². The van der Waals surface area contributed by atoms with Gasteiger partial charge in [0.05, 0.1) is 18.4 Å². The van der Waals surface area contributed by atoms with E-state index < -0.39 is 0 Å².